The van der Waals surface area contributed by atoms with E-state index in [1.54, 1.807) is 28.3 Å². The van der Waals surface area contributed by atoms with Crippen molar-refractivity contribution in [1.29, 1.82) is 0 Å². The van der Waals surface area contributed by atoms with Gasteiger partial charge in [0.15, 0.2) is 5.16 Å². The second kappa shape index (κ2) is 8.57. The third-order valence-electron chi connectivity index (χ3n) is 5.49. The highest BCUT2D eigenvalue weighted by Gasteiger charge is 2.30. The molecule has 1 amide bonds. The minimum atomic E-state index is -0.584. The fraction of sp³-hybridized carbons (Fsp3) is 0.522. The van der Waals surface area contributed by atoms with Crippen LogP contribution in [0.2, 0.25) is 0 Å². The Balaban J connectivity index is 1.74. The molecule has 166 valence electrons. The van der Waals surface area contributed by atoms with Crippen molar-refractivity contribution in [2.24, 2.45) is 0 Å². The first-order valence-electron chi connectivity index (χ1n) is 10.7. The van der Waals surface area contributed by atoms with E-state index in [1.807, 2.05) is 45.0 Å². The van der Waals surface area contributed by atoms with Crippen LogP contribution in [-0.2, 0) is 17.7 Å². The van der Waals surface area contributed by atoms with Gasteiger partial charge in [-0.25, -0.2) is 9.78 Å². The number of amides is 1. The van der Waals surface area contributed by atoms with E-state index < -0.39 is 11.7 Å². The van der Waals surface area contributed by atoms with Gasteiger partial charge in [0, 0.05) is 24.3 Å². The average molecular weight is 444 g/mol. The number of fused-ring (bicyclic) bond motifs is 1. The van der Waals surface area contributed by atoms with E-state index in [0.29, 0.717) is 34.7 Å². The molecule has 2 aromatic rings. The number of hydrogen-bond donors (Lipinski definition) is 0. The van der Waals surface area contributed by atoms with Gasteiger partial charge in [0.05, 0.1) is 30.6 Å². The van der Waals surface area contributed by atoms with Crippen molar-refractivity contribution >= 4 is 17.9 Å². The van der Waals surface area contributed by atoms with Crippen LogP contribution in [-0.4, -0.2) is 45.0 Å². The molecule has 1 aliphatic carbocycles. The Labute approximate surface area is 186 Å². The van der Waals surface area contributed by atoms with E-state index in [4.69, 9.17) is 14.5 Å². The first-order valence-corrected chi connectivity index (χ1v) is 11.6. The monoisotopic (exact) mass is 443 g/mol. The van der Waals surface area contributed by atoms with Gasteiger partial charge in [0.25, 0.3) is 5.56 Å². The molecule has 0 spiro atoms. The van der Waals surface area contributed by atoms with Gasteiger partial charge in [-0.2, -0.15) is 0 Å². The quantitative estimate of drug-likeness (QED) is 0.660. The molecule has 0 N–H and O–H groups in total. The topological polar surface area (TPSA) is 73.7 Å². The van der Waals surface area contributed by atoms with E-state index in [0.717, 1.165) is 24.2 Å². The maximum atomic E-state index is 13.7. The second-order valence-electron chi connectivity index (χ2n) is 8.98. The van der Waals surface area contributed by atoms with Crippen molar-refractivity contribution in [3.8, 4) is 11.4 Å². The standard InChI is InChI=1S/C23H29N3O4S/c1-23(2,3)30-22(28)25-12-11-19-18(14-25)20(27)26(15-7-5-8-16(13-15)29-4)21(24-19)31-17-9-6-10-17/h5,7-8,13,17H,6,9-12,14H2,1-4H3. The van der Waals surface area contributed by atoms with Crippen LogP contribution in [0.3, 0.4) is 0 Å². The van der Waals surface area contributed by atoms with Crippen molar-refractivity contribution in [3.63, 3.8) is 0 Å². The lowest BCUT2D eigenvalue weighted by atomic mass is 10.0. The number of carbonyl (C=O) groups is 1. The lowest BCUT2D eigenvalue weighted by molar-refractivity contribution is 0.0221. The Bertz CT molecular complexity index is 1040. The zero-order chi connectivity index (χ0) is 22.2. The molecule has 0 atom stereocenters. The maximum absolute atomic E-state index is 13.7. The molecule has 2 heterocycles. The van der Waals surface area contributed by atoms with Gasteiger partial charge in [0.2, 0.25) is 0 Å². The van der Waals surface area contributed by atoms with Crippen LogP contribution in [0.15, 0.2) is 34.2 Å². The Morgan fingerprint density at radius 3 is 2.68 bits per heavy atom. The van der Waals surface area contributed by atoms with Crippen molar-refractivity contribution < 1.29 is 14.3 Å². The molecule has 1 aliphatic heterocycles. The van der Waals surface area contributed by atoms with Gasteiger partial charge in [-0.1, -0.05) is 24.2 Å². The van der Waals surface area contributed by atoms with Crippen molar-refractivity contribution in [2.45, 2.75) is 69.0 Å². The summed E-state index contributed by atoms with van der Waals surface area (Å²) >= 11 is 1.67. The zero-order valence-electron chi connectivity index (χ0n) is 18.5. The molecule has 4 rings (SSSR count). The van der Waals surface area contributed by atoms with Gasteiger partial charge < -0.3 is 14.4 Å². The van der Waals surface area contributed by atoms with E-state index in [2.05, 4.69) is 0 Å². The number of hydrogen-bond acceptors (Lipinski definition) is 6. The largest absolute Gasteiger partial charge is 0.497 e. The summed E-state index contributed by atoms with van der Waals surface area (Å²) in [6.45, 7) is 6.21. The Kier molecular flexibility index (Phi) is 6.01. The van der Waals surface area contributed by atoms with Crippen LogP contribution in [0.25, 0.3) is 5.69 Å². The fourth-order valence-electron chi connectivity index (χ4n) is 3.63. The lowest BCUT2D eigenvalue weighted by Crippen LogP contribution is -2.43. The number of benzene rings is 1. The molecule has 8 heteroatoms. The summed E-state index contributed by atoms with van der Waals surface area (Å²) < 4.78 is 12.5. The first-order chi connectivity index (χ1) is 14.7. The van der Waals surface area contributed by atoms with Crippen LogP contribution in [0.4, 0.5) is 4.79 Å². The molecule has 0 unspecified atom stereocenters. The zero-order valence-corrected chi connectivity index (χ0v) is 19.3. The third-order valence-corrected chi connectivity index (χ3v) is 6.78. The maximum Gasteiger partial charge on any atom is 0.410 e. The molecule has 2 aliphatic rings. The van der Waals surface area contributed by atoms with Gasteiger partial charge >= 0.3 is 6.09 Å². The van der Waals surface area contributed by atoms with E-state index in [9.17, 15) is 9.59 Å². The molecule has 7 nitrogen and oxygen atoms in total. The third kappa shape index (κ3) is 4.74. The lowest BCUT2D eigenvalue weighted by Gasteiger charge is -2.31. The molecule has 0 saturated heterocycles. The van der Waals surface area contributed by atoms with Crippen molar-refractivity contribution in [2.75, 3.05) is 13.7 Å². The first kappa shape index (κ1) is 21.7. The summed E-state index contributed by atoms with van der Waals surface area (Å²) in [7, 11) is 1.61. The predicted octanol–water partition coefficient (Wildman–Crippen LogP) is 4.18. The summed E-state index contributed by atoms with van der Waals surface area (Å²) in [5.41, 5.74) is 1.34. The Hall–Kier alpha value is -2.48. The molecule has 1 saturated carbocycles. The van der Waals surface area contributed by atoms with Crippen molar-refractivity contribution in [3.05, 3.63) is 45.9 Å². The molecule has 1 aromatic carbocycles. The smallest absolute Gasteiger partial charge is 0.410 e. The number of aromatic nitrogens is 2. The Morgan fingerprint density at radius 1 is 1.26 bits per heavy atom. The van der Waals surface area contributed by atoms with E-state index in [-0.39, 0.29) is 12.1 Å². The summed E-state index contributed by atoms with van der Waals surface area (Å²) in [6, 6.07) is 7.44. The number of nitrogens with zero attached hydrogens (tertiary/aromatic N) is 3. The van der Waals surface area contributed by atoms with E-state index in [1.165, 1.54) is 6.42 Å². The van der Waals surface area contributed by atoms with Crippen LogP contribution in [0, 0.1) is 0 Å². The second-order valence-corrected chi connectivity index (χ2v) is 10.3. The molecule has 1 aromatic heterocycles. The molecule has 31 heavy (non-hydrogen) atoms. The molecule has 0 bridgehead atoms. The van der Waals surface area contributed by atoms with Crippen LogP contribution < -0.4 is 10.3 Å². The predicted molar refractivity (Wildman–Crippen MR) is 120 cm³/mol. The highest BCUT2D eigenvalue weighted by molar-refractivity contribution is 7.99. The number of methoxy groups -OCH3 is 1. The minimum Gasteiger partial charge on any atom is -0.497 e. The number of carbonyl (C=O) groups excluding carboxylic acids is 1. The Morgan fingerprint density at radius 2 is 2.03 bits per heavy atom. The summed E-state index contributed by atoms with van der Waals surface area (Å²) in [5.74, 6) is 0.678. The number of thioether (sulfide) groups is 1. The van der Waals surface area contributed by atoms with Crippen LogP contribution >= 0.6 is 11.8 Å². The number of rotatable bonds is 4. The summed E-state index contributed by atoms with van der Waals surface area (Å²) in [6.07, 6.45) is 3.64. The van der Waals surface area contributed by atoms with Crippen LogP contribution in [0.5, 0.6) is 5.75 Å². The normalized spacial score (nSPS) is 16.5. The van der Waals surface area contributed by atoms with Gasteiger partial charge in [0.1, 0.15) is 11.4 Å². The molecular formula is C23H29N3O4S. The van der Waals surface area contributed by atoms with Crippen molar-refractivity contribution in [1.82, 2.24) is 14.5 Å². The van der Waals surface area contributed by atoms with Gasteiger partial charge in [-0.05, 0) is 45.7 Å². The van der Waals surface area contributed by atoms with Crippen LogP contribution in [0.1, 0.15) is 51.3 Å². The molecule has 0 radical (unpaired) electrons. The van der Waals surface area contributed by atoms with Gasteiger partial charge in [-0.3, -0.25) is 9.36 Å². The highest BCUT2D eigenvalue weighted by Crippen LogP contribution is 2.36. The summed E-state index contributed by atoms with van der Waals surface area (Å²) in [5, 5.41) is 1.20. The highest BCUT2D eigenvalue weighted by atomic mass is 32.2. The molecule has 1 fully saturated rings. The summed E-state index contributed by atoms with van der Waals surface area (Å²) in [4.78, 5) is 32.7. The average Bonchev–Trinajstić information content (AvgIpc) is 2.69. The number of ether oxygens (including phenoxy) is 2. The minimum absolute atomic E-state index is 0.131. The SMILES string of the molecule is COc1cccc(-n2c(SC3CCC3)nc3c(c2=O)CN(C(=O)OC(C)(C)C)CC3)c1. The molecular weight excluding hydrogens is 414 g/mol. The van der Waals surface area contributed by atoms with Gasteiger partial charge in [-0.15, -0.1) is 0 Å². The fourth-order valence-corrected chi connectivity index (χ4v) is 4.95. The van der Waals surface area contributed by atoms with E-state index >= 15 is 0 Å².